The number of carbonyl (C=O) groups excluding carboxylic acids is 2. The number of rotatable bonds is 1. The topological polar surface area (TPSA) is 37.4 Å². The van der Waals surface area contributed by atoms with Gasteiger partial charge in [-0.15, -0.1) is 0 Å². The number of carbonyl (C=O) groups is 2. The first-order valence-electron chi connectivity index (χ1n) is 3.59. The van der Waals surface area contributed by atoms with Gasteiger partial charge < -0.3 is 0 Å². The fraction of sp³-hybridized carbons (Fsp3) is 0.714. The number of piperidine rings is 1. The van der Waals surface area contributed by atoms with Gasteiger partial charge in [-0.25, -0.2) is 0 Å². The summed E-state index contributed by atoms with van der Waals surface area (Å²) in [5.74, 6) is -0.0301. The molecule has 1 saturated heterocycles. The van der Waals surface area contributed by atoms with Crippen LogP contribution in [0.25, 0.3) is 0 Å². The van der Waals surface area contributed by atoms with E-state index in [4.69, 9.17) is 0 Å². The number of imide groups is 1. The van der Waals surface area contributed by atoms with Gasteiger partial charge in [-0.2, -0.15) is 0 Å². The molecule has 0 aromatic rings. The Labute approximate surface area is 60.0 Å². The Morgan fingerprint density at radius 3 is 2.10 bits per heavy atom. The van der Waals surface area contributed by atoms with Crippen molar-refractivity contribution in [3.63, 3.8) is 0 Å². The second-order valence-corrected chi connectivity index (χ2v) is 2.39. The summed E-state index contributed by atoms with van der Waals surface area (Å²) in [6.07, 6.45) is 1.81. The molecule has 56 valence electrons. The third kappa shape index (κ3) is 1.17. The summed E-state index contributed by atoms with van der Waals surface area (Å²) in [5.41, 5.74) is 0. The van der Waals surface area contributed by atoms with Gasteiger partial charge in [0.15, 0.2) is 0 Å². The van der Waals surface area contributed by atoms with Crippen LogP contribution in [0.4, 0.5) is 0 Å². The monoisotopic (exact) mass is 141 g/mol. The first-order valence-corrected chi connectivity index (χ1v) is 3.59. The van der Waals surface area contributed by atoms with Gasteiger partial charge in [-0.1, -0.05) is 0 Å². The lowest BCUT2D eigenvalue weighted by atomic mass is 10.1. The van der Waals surface area contributed by atoms with Gasteiger partial charge in [0.2, 0.25) is 11.8 Å². The predicted octanol–water partition coefficient (Wildman–Crippen LogP) is 0.545. The molecule has 0 aromatic heterocycles. The average molecular weight is 141 g/mol. The van der Waals surface area contributed by atoms with Gasteiger partial charge in [0.25, 0.3) is 0 Å². The zero-order valence-electron chi connectivity index (χ0n) is 6.09. The molecule has 0 bridgehead atoms. The van der Waals surface area contributed by atoms with Crippen molar-refractivity contribution in [1.29, 1.82) is 0 Å². The molecule has 1 fully saturated rings. The minimum absolute atomic E-state index is 0.0150. The van der Waals surface area contributed by atoms with E-state index in [0.29, 0.717) is 19.4 Å². The van der Waals surface area contributed by atoms with E-state index in [2.05, 4.69) is 0 Å². The van der Waals surface area contributed by atoms with E-state index < -0.39 is 0 Å². The fourth-order valence-electron chi connectivity index (χ4n) is 1.15. The standard InChI is InChI=1S/C7H11NO2/c1-2-8-6(9)4-3-5-7(8)10/h2-5H2,1H3. The second kappa shape index (κ2) is 2.82. The molecule has 2 amide bonds. The molecule has 0 atom stereocenters. The van der Waals surface area contributed by atoms with Crippen LogP contribution in [-0.4, -0.2) is 23.3 Å². The average Bonchev–Trinajstić information content (AvgIpc) is 1.88. The molecule has 0 radical (unpaired) electrons. The van der Waals surface area contributed by atoms with E-state index in [0.717, 1.165) is 6.42 Å². The van der Waals surface area contributed by atoms with Gasteiger partial charge in [0, 0.05) is 19.4 Å². The first-order chi connectivity index (χ1) is 4.75. The second-order valence-electron chi connectivity index (χ2n) is 2.39. The van der Waals surface area contributed by atoms with E-state index >= 15 is 0 Å². The molecule has 1 heterocycles. The number of likely N-dealkylation sites (tertiary alicyclic amines) is 1. The van der Waals surface area contributed by atoms with E-state index in [1.165, 1.54) is 4.90 Å². The summed E-state index contributed by atoms with van der Waals surface area (Å²) in [5, 5.41) is 0. The Bertz CT molecular complexity index is 149. The highest BCUT2D eigenvalue weighted by Gasteiger charge is 2.23. The van der Waals surface area contributed by atoms with Crippen molar-refractivity contribution in [2.75, 3.05) is 6.54 Å². The van der Waals surface area contributed by atoms with Crippen LogP contribution in [0, 0.1) is 0 Å². The van der Waals surface area contributed by atoms with Crippen LogP contribution in [-0.2, 0) is 9.59 Å². The van der Waals surface area contributed by atoms with Crippen LogP contribution in [0.15, 0.2) is 0 Å². The molecule has 0 N–H and O–H groups in total. The quantitative estimate of drug-likeness (QED) is 0.500. The number of hydrogen-bond acceptors (Lipinski definition) is 2. The fourth-order valence-corrected chi connectivity index (χ4v) is 1.15. The van der Waals surface area contributed by atoms with Crippen molar-refractivity contribution in [2.24, 2.45) is 0 Å². The molecule has 1 aliphatic rings. The Morgan fingerprint density at radius 1 is 1.30 bits per heavy atom. The normalized spacial score (nSPS) is 19.9. The number of amides is 2. The Balaban J connectivity index is 2.62. The third-order valence-electron chi connectivity index (χ3n) is 1.70. The molecule has 0 aliphatic carbocycles. The molecule has 3 nitrogen and oxygen atoms in total. The summed E-state index contributed by atoms with van der Waals surface area (Å²) in [6, 6.07) is 0. The Kier molecular flexibility index (Phi) is 2.04. The van der Waals surface area contributed by atoms with Crippen molar-refractivity contribution in [1.82, 2.24) is 4.90 Å². The highest BCUT2D eigenvalue weighted by Crippen LogP contribution is 2.10. The van der Waals surface area contributed by atoms with E-state index in [1.807, 2.05) is 6.92 Å². The first kappa shape index (κ1) is 7.25. The molecule has 1 aliphatic heterocycles. The largest absolute Gasteiger partial charge is 0.283 e. The predicted molar refractivity (Wildman–Crippen MR) is 36.2 cm³/mol. The Hall–Kier alpha value is -0.860. The molecule has 0 aromatic carbocycles. The molecule has 0 saturated carbocycles. The zero-order chi connectivity index (χ0) is 7.56. The van der Waals surface area contributed by atoms with Crippen LogP contribution in [0.3, 0.4) is 0 Å². The summed E-state index contributed by atoms with van der Waals surface area (Å²) in [4.78, 5) is 23.2. The minimum Gasteiger partial charge on any atom is -0.283 e. The smallest absolute Gasteiger partial charge is 0.229 e. The van der Waals surface area contributed by atoms with Crippen LogP contribution in [0.2, 0.25) is 0 Å². The van der Waals surface area contributed by atoms with Gasteiger partial charge in [0.1, 0.15) is 0 Å². The van der Waals surface area contributed by atoms with Crippen molar-refractivity contribution >= 4 is 11.8 Å². The van der Waals surface area contributed by atoms with Crippen molar-refractivity contribution in [2.45, 2.75) is 26.2 Å². The summed E-state index contributed by atoms with van der Waals surface area (Å²) >= 11 is 0. The molecule has 0 spiro atoms. The van der Waals surface area contributed by atoms with Crippen LogP contribution in [0.1, 0.15) is 26.2 Å². The molecule has 10 heavy (non-hydrogen) atoms. The summed E-state index contributed by atoms with van der Waals surface area (Å²) in [7, 11) is 0. The third-order valence-corrected chi connectivity index (χ3v) is 1.70. The Morgan fingerprint density at radius 2 is 1.80 bits per heavy atom. The maximum absolute atomic E-state index is 10.9. The molecule has 0 unspecified atom stereocenters. The number of nitrogens with zero attached hydrogens (tertiary/aromatic N) is 1. The molecule has 1 rings (SSSR count). The summed E-state index contributed by atoms with van der Waals surface area (Å²) < 4.78 is 0. The van der Waals surface area contributed by atoms with Gasteiger partial charge in [-0.3, -0.25) is 14.5 Å². The SMILES string of the molecule is CCN1C(=O)CCCC1=O. The lowest BCUT2D eigenvalue weighted by Crippen LogP contribution is -2.39. The number of hydrogen-bond donors (Lipinski definition) is 0. The highest BCUT2D eigenvalue weighted by molar-refractivity contribution is 5.97. The summed E-state index contributed by atoms with van der Waals surface area (Å²) in [6.45, 7) is 2.35. The maximum atomic E-state index is 10.9. The van der Waals surface area contributed by atoms with Crippen LogP contribution in [0.5, 0.6) is 0 Å². The van der Waals surface area contributed by atoms with Crippen molar-refractivity contribution in [3.8, 4) is 0 Å². The van der Waals surface area contributed by atoms with Gasteiger partial charge in [0.05, 0.1) is 0 Å². The lowest BCUT2D eigenvalue weighted by Gasteiger charge is -2.22. The van der Waals surface area contributed by atoms with Gasteiger partial charge >= 0.3 is 0 Å². The van der Waals surface area contributed by atoms with Crippen molar-refractivity contribution < 1.29 is 9.59 Å². The zero-order valence-corrected chi connectivity index (χ0v) is 6.09. The molecular formula is C7H11NO2. The van der Waals surface area contributed by atoms with E-state index in [-0.39, 0.29) is 11.8 Å². The van der Waals surface area contributed by atoms with E-state index in [1.54, 1.807) is 0 Å². The van der Waals surface area contributed by atoms with Crippen LogP contribution < -0.4 is 0 Å². The van der Waals surface area contributed by atoms with Crippen molar-refractivity contribution in [3.05, 3.63) is 0 Å². The highest BCUT2D eigenvalue weighted by atomic mass is 16.2. The maximum Gasteiger partial charge on any atom is 0.229 e. The molecular weight excluding hydrogens is 130 g/mol. The minimum atomic E-state index is -0.0150. The van der Waals surface area contributed by atoms with E-state index in [9.17, 15) is 9.59 Å². The van der Waals surface area contributed by atoms with Crippen LogP contribution >= 0.6 is 0 Å². The van der Waals surface area contributed by atoms with Gasteiger partial charge in [-0.05, 0) is 13.3 Å². The molecule has 3 heteroatoms. The lowest BCUT2D eigenvalue weighted by molar-refractivity contribution is -0.147.